The molecule has 2 N–H and O–H groups in total. The number of likely N-dealkylation sites (tertiary alicyclic amines) is 1. The molecule has 0 aromatic heterocycles. The Kier molecular flexibility index (Phi) is 5.10. The van der Waals surface area contributed by atoms with Crippen molar-refractivity contribution < 1.29 is 14.3 Å². The standard InChI is InChI=1S/C12H23N3O3/c1-14(2)11(17)8-15-6-4-5-12(15,9-18-3)7-10(13)16/h4-9H2,1-3H3,(H2,13,16). The first-order valence-electron chi connectivity index (χ1n) is 6.14. The molecule has 1 atom stereocenters. The maximum Gasteiger partial charge on any atom is 0.236 e. The normalized spacial score (nSPS) is 24.2. The molecular weight excluding hydrogens is 234 g/mol. The first kappa shape index (κ1) is 14.9. The highest BCUT2D eigenvalue weighted by Crippen LogP contribution is 2.32. The molecule has 18 heavy (non-hydrogen) atoms. The number of carbonyl (C=O) groups excluding carboxylic acids is 2. The van der Waals surface area contributed by atoms with Crippen LogP contribution < -0.4 is 5.73 Å². The summed E-state index contributed by atoms with van der Waals surface area (Å²) in [5, 5.41) is 0. The van der Waals surface area contributed by atoms with E-state index in [1.54, 1.807) is 26.1 Å². The van der Waals surface area contributed by atoms with Crippen molar-refractivity contribution in [2.24, 2.45) is 5.73 Å². The van der Waals surface area contributed by atoms with Crippen LogP contribution in [0.15, 0.2) is 0 Å². The summed E-state index contributed by atoms with van der Waals surface area (Å²) in [6.45, 7) is 1.54. The minimum atomic E-state index is -0.410. The highest BCUT2D eigenvalue weighted by molar-refractivity contribution is 5.78. The molecule has 6 heteroatoms. The summed E-state index contributed by atoms with van der Waals surface area (Å²) >= 11 is 0. The maximum absolute atomic E-state index is 11.8. The molecule has 0 aliphatic carbocycles. The van der Waals surface area contributed by atoms with Gasteiger partial charge in [0.1, 0.15) is 0 Å². The predicted molar refractivity (Wildman–Crippen MR) is 67.9 cm³/mol. The smallest absolute Gasteiger partial charge is 0.236 e. The summed E-state index contributed by atoms with van der Waals surface area (Å²) in [6.07, 6.45) is 2.03. The molecule has 1 rings (SSSR count). The van der Waals surface area contributed by atoms with Gasteiger partial charge >= 0.3 is 0 Å². The molecule has 1 aliphatic heterocycles. The maximum atomic E-state index is 11.8. The molecule has 6 nitrogen and oxygen atoms in total. The number of nitrogens with two attached hydrogens (primary N) is 1. The molecule has 2 amide bonds. The van der Waals surface area contributed by atoms with Crippen molar-refractivity contribution >= 4 is 11.8 Å². The third-order valence-corrected chi connectivity index (χ3v) is 3.48. The van der Waals surface area contributed by atoms with Gasteiger partial charge in [-0.15, -0.1) is 0 Å². The molecule has 1 unspecified atom stereocenters. The van der Waals surface area contributed by atoms with Gasteiger partial charge in [-0.2, -0.15) is 0 Å². The number of likely N-dealkylation sites (N-methyl/N-ethyl adjacent to an activating group) is 1. The Morgan fingerprint density at radius 1 is 1.44 bits per heavy atom. The van der Waals surface area contributed by atoms with Crippen LogP contribution in [0.4, 0.5) is 0 Å². The van der Waals surface area contributed by atoms with E-state index >= 15 is 0 Å². The molecule has 104 valence electrons. The van der Waals surface area contributed by atoms with E-state index in [-0.39, 0.29) is 18.2 Å². The third-order valence-electron chi connectivity index (χ3n) is 3.48. The Morgan fingerprint density at radius 2 is 2.11 bits per heavy atom. The van der Waals surface area contributed by atoms with E-state index in [4.69, 9.17) is 10.5 Å². The van der Waals surface area contributed by atoms with Crippen LogP contribution in [-0.2, 0) is 14.3 Å². The van der Waals surface area contributed by atoms with Crippen LogP contribution in [0.3, 0.4) is 0 Å². The SMILES string of the molecule is COCC1(CC(N)=O)CCCN1CC(=O)N(C)C. The molecule has 0 saturated carbocycles. The Hall–Kier alpha value is -1.14. The van der Waals surface area contributed by atoms with Gasteiger partial charge in [0.25, 0.3) is 0 Å². The molecule has 1 saturated heterocycles. The van der Waals surface area contributed by atoms with Crippen molar-refractivity contribution in [3.05, 3.63) is 0 Å². The predicted octanol–water partition coefficient (Wildman–Crippen LogP) is -0.569. The number of amides is 2. The first-order valence-corrected chi connectivity index (χ1v) is 6.14. The summed E-state index contributed by atoms with van der Waals surface area (Å²) in [4.78, 5) is 26.6. The Morgan fingerprint density at radius 3 is 2.61 bits per heavy atom. The molecule has 1 fully saturated rings. The van der Waals surface area contributed by atoms with Crippen molar-refractivity contribution in [2.75, 3.05) is 40.9 Å². The molecule has 0 spiro atoms. The van der Waals surface area contributed by atoms with Gasteiger partial charge in [0.15, 0.2) is 0 Å². The van der Waals surface area contributed by atoms with E-state index in [1.807, 2.05) is 4.90 Å². The van der Waals surface area contributed by atoms with Crippen molar-refractivity contribution in [3.8, 4) is 0 Å². The van der Waals surface area contributed by atoms with Gasteiger partial charge in [0, 0.05) is 27.6 Å². The second-order valence-electron chi connectivity index (χ2n) is 5.11. The highest BCUT2D eigenvalue weighted by Gasteiger charge is 2.43. The van der Waals surface area contributed by atoms with E-state index in [1.165, 1.54) is 0 Å². The number of carbonyl (C=O) groups is 2. The summed E-state index contributed by atoms with van der Waals surface area (Å²) in [5.41, 5.74) is 4.91. The topological polar surface area (TPSA) is 75.9 Å². The lowest BCUT2D eigenvalue weighted by atomic mass is 9.92. The highest BCUT2D eigenvalue weighted by atomic mass is 16.5. The molecule has 0 radical (unpaired) electrons. The van der Waals surface area contributed by atoms with Gasteiger partial charge in [-0.05, 0) is 19.4 Å². The molecule has 0 bridgehead atoms. The molecule has 0 aromatic rings. The van der Waals surface area contributed by atoms with E-state index in [2.05, 4.69) is 0 Å². The molecule has 1 aliphatic rings. The van der Waals surface area contributed by atoms with Gasteiger partial charge in [-0.25, -0.2) is 0 Å². The Bertz CT molecular complexity index is 320. The third kappa shape index (κ3) is 3.43. The van der Waals surface area contributed by atoms with E-state index in [0.717, 1.165) is 19.4 Å². The lowest BCUT2D eigenvalue weighted by molar-refractivity contribution is -0.133. The fourth-order valence-corrected chi connectivity index (χ4v) is 2.55. The van der Waals surface area contributed by atoms with Crippen molar-refractivity contribution in [2.45, 2.75) is 24.8 Å². The van der Waals surface area contributed by atoms with Gasteiger partial charge in [0.05, 0.1) is 18.7 Å². The Labute approximate surface area is 108 Å². The number of primary amides is 1. The zero-order valence-electron chi connectivity index (χ0n) is 11.4. The van der Waals surface area contributed by atoms with Crippen molar-refractivity contribution in [1.29, 1.82) is 0 Å². The van der Waals surface area contributed by atoms with Gasteiger partial charge in [-0.1, -0.05) is 0 Å². The fourth-order valence-electron chi connectivity index (χ4n) is 2.55. The van der Waals surface area contributed by atoms with E-state index in [9.17, 15) is 9.59 Å². The lowest BCUT2D eigenvalue weighted by Gasteiger charge is -2.37. The Balaban J connectivity index is 2.79. The van der Waals surface area contributed by atoms with Crippen molar-refractivity contribution in [3.63, 3.8) is 0 Å². The molecule has 1 heterocycles. The second kappa shape index (κ2) is 6.15. The average molecular weight is 257 g/mol. The van der Waals surface area contributed by atoms with E-state index in [0.29, 0.717) is 13.2 Å². The fraction of sp³-hybridized carbons (Fsp3) is 0.833. The quantitative estimate of drug-likeness (QED) is 0.691. The van der Waals surface area contributed by atoms with Crippen LogP contribution in [0.1, 0.15) is 19.3 Å². The minimum Gasteiger partial charge on any atom is -0.383 e. The van der Waals surface area contributed by atoms with Crippen molar-refractivity contribution in [1.82, 2.24) is 9.80 Å². The summed E-state index contributed by atoms with van der Waals surface area (Å²) < 4.78 is 5.23. The minimum absolute atomic E-state index is 0.0295. The molecule has 0 aromatic carbocycles. The van der Waals surface area contributed by atoms with Crippen LogP contribution in [-0.4, -0.2) is 68.1 Å². The largest absolute Gasteiger partial charge is 0.383 e. The zero-order valence-corrected chi connectivity index (χ0v) is 11.4. The first-order chi connectivity index (χ1) is 8.41. The number of nitrogens with zero attached hydrogens (tertiary/aromatic N) is 2. The number of hydrogen-bond acceptors (Lipinski definition) is 4. The summed E-state index contributed by atoms with van der Waals surface area (Å²) in [5.74, 6) is -0.321. The van der Waals surface area contributed by atoms with Crippen LogP contribution >= 0.6 is 0 Å². The summed E-state index contributed by atoms with van der Waals surface area (Å²) in [7, 11) is 5.06. The van der Waals surface area contributed by atoms with Gasteiger partial charge < -0.3 is 15.4 Å². The van der Waals surface area contributed by atoms with Crippen LogP contribution in [0.2, 0.25) is 0 Å². The number of hydrogen-bond donors (Lipinski definition) is 1. The summed E-state index contributed by atoms with van der Waals surface area (Å²) in [6, 6.07) is 0. The monoisotopic (exact) mass is 257 g/mol. The molecular formula is C12H23N3O3. The second-order valence-corrected chi connectivity index (χ2v) is 5.11. The van der Waals surface area contributed by atoms with Crippen LogP contribution in [0.25, 0.3) is 0 Å². The lowest BCUT2D eigenvalue weighted by Crippen LogP contribution is -2.52. The van der Waals surface area contributed by atoms with Crippen LogP contribution in [0.5, 0.6) is 0 Å². The number of methoxy groups -OCH3 is 1. The van der Waals surface area contributed by atoms with E-state index < -0.39 is 5.54 Å². The zero-order chi connectivity index (χ0) is 13.8. The number of rotatable bonds is 6. The average Bonchev–Trinajstić information content (AvgIpc) is 2.60. The number of ether oxygens (including phenoxy) is 1. The van der Waals surface area contributed by atoms with Gasteiger partial charge in [0.2, 0.25) is 11.8 Å². The van der Waals surface area contributed by atoms with Gasteiger partial charge in [-0.3, -0.25) is 14.5 Å². The van der Waals surface area contributed by atoms with Crippen LogP contribution in [0, 0.1) is 0 Å².